The molecule has 11 nitrogen and oxygen atoms in total. The minimum Gasteiger partial charge on any atom is -0.396 e. The summed E-state index contributed by atoms with van der Waals surface area (Å²) in [5.74, 6) is -1.33. The Bertz CT molecular complexity index is 1250. The molecule has 0 spiro atoms. The van der Waals surface area contributed by atoms with Gasteiger partial charge in [-0.15, -0.1) is 5.10 Å². The van der Waals surface area contributed by atoms with E-state index in [1.807, 2.05) is 20.8 Å². The van der Waals surface area contributed by atoms with Gasteiger partial charge < -0.3 is 14.9 Å². The number of piperidine rings is 1. The second-order valence-corrected chi connectivity index (χ2v) is 10.6. The number of fused-ring (bicyclic) bond motifs is 1. The van der Waals surface area contributed by atoms with E-state index >= 15 is 0 Å². The van der Waals surface area contributed by atoms with Crippen LogP contribution < -0.4 is 5.32 Å². The number of hydrogen-bond donors (Lipinski definition) is 2. The topological polar surface area (TPSA) is 138 Å². The van der Waals surface area contributed by atoms with Crippen molar-refractivity contribution in [2.24, 2.45) is 5.41 Å². The highest BCUT2D eigenvalue weighted by molar-refractivity contribution is 6.05. The molecule has 2 aromatic rings. The third kappa shape index (κ3) is 3.89. The molecule has 2 fully saturated rings. The maximum Gasteiger partial charge on any atom is 0.276 e. The predicted molar refractivity (Wildman–Crippen MR) is 122 cm³/mol. The highest BCUT2D eigenvalue weighted by Gasteiger charge is 2.48. The number of carbonyl (C=O) groups is 4. The summed E-state index contributed by atoms with van der Waals surface area (Å²) in [6, 6.07) is 4.58. The lowest BCUT2D eigenvalue weighted by Gasteiger charge is -2.30. The number of likely N-dealkylation sites (tertiary alicyclic amines) is 1. The summed E-state index contributed by atoms with van der Waals surface area (Å²) in [5, 5.41) is 20.2. The Morgan fingerprint density at radius 3 is 2.69 bits per heavy atom. The van der Waals surface area contributed by atoms with Crippen molar-refractivity contribution in [1.82, 2.24) is 30.1 Å². The number of nitrogens with zero attached hydrogens (tertiary/aromatic N) is 5. The van der Waals surface area contributed by atoms with Crippen molar-refractivity contribution in [3.8, 4) is 5.69 Å². The Balaban J connectivity index is 1.36. The van der Waals surface area contributed by atoms with Gasteiger partial charge in [-0.25, -0.2) is 4.68 Å². The Labute approximate surface area is 202 Å². The summed E-state index contributed by atoms with van der Waals surface area (Å²) in [5.41, 5.74) is 1.17. The van der Waals surface area contributed by atoms with Crippen LogP contribution in [0.5, 0.6) is 0 Å². The number of aliphatic hydroxyl groups is 1. The van der Waals surface area contributed by atoms with Gasteiger partial charge in [-0.1, -0.05) is 18.2 Å². The normalized spacial score (nSPS) is 25.7. The third-order valence-corrected chi connectivity index (χ3v) is 7.25. The Morgan fingerprint density at radius 2 is 2.00 bits per heavy atom. The van der Waals surface area contributed by atoms with Crippen LogP contribution in [0.1, 0.15) is 66.4 Å². The van der Waals surface area contributed by atoms with Crippen molar-refractivity contribution < 1.29 is 24.3 Å². The number of imide groups is 1. The largest absolute Gasteiger partial charge is 0.396 e. The molecule has 0 aliphatic carbocycles. The van der Waals surface area contributed by atoms with Crippen LogP contribution in [0.15, 0.2) is 24.4 Å². The fourth-order valence-corrected chi connectivity index (χ4v) is 5.56. The van der Waals surface area contributed by atoms with Crippen LogP contribution in [0.4, 0.5) is 0 Å². The van der Waals surface area contributed by atoms with E-state index < -0.39 is 17.5 Å². The van der Waals surface area contributed by atoms with E-state index in [2.05, 4.69) is 15.6 Å². The van der Waals surface area contributed by atoms with E-state index in [9.17, 15) is 24.3 Å². The third-order valence-electron chi connectivity index (χ3n) is 7.25. The molecule has 3 aliphatic rings. The molecule has 4 amide bonds. The molecule has 2 saturated heterocycles. The van der Waals surface area contributed by atoms with Crippen LogP contribution in [-0.4, -0.2) is 78.3 Å². The minimum atomic E-state index is -0.680. The van der Waals surface area contributed by atoms with Gasteiger partial charge in [0, 0.05) is 36.0 Å². The smallest absolute Gasteiger partial charge is 0.276 e. The van der Waals surface area contributed by atoms with Gasteiger partial charge >= 0.3 is 0 Å². The van der Waals surface area contributed by atoms with Crippen LogP contribution in [0.2, 0.25) is 0 Å². The zero-order valence-electron chi connectivity index (χ0n) is 19.9. The van der Waals surface area contributed by atoms with Gasteiger partial charge in [0.25, 0.3) is 11.8 Å². The first-order chi connectivity index (χ1) is 16.5. The quantitative estimate of drug-likeness (QED) is 0.613. The molecular weight excluding hydrogens is 452 g/mol. The zero-order valence-corrected chi connectivity index (χ0v) is 19.9. The SMILES string of the molecule is CC1(CO)CN(C(=O)c2cn(-c3ccc4c(c3)C(=O)N(C3CCC(=O)NC3=O)C4)nn2)C(C)(C)C1. The van der Waals surface area contributed by atoms with E-state index in [-0.39, 0.29) is 48.4 Å². The number of rotatable bonds is 4. The molecule has 2 unspecified atom stereocenters. The van der Waals surface area contributed by atoms with Crippen LogP contribution in [0, 0.1) is 5.41 Å². The Hall–Kier alpha value is -3.60. The standard InChI is InChI=1S/C24H28N6O5/c1-23(2)11-24(3,13-31)12-29(23)22(35)17-10-30(27-26-17)15-5-4-14-9-28(21(34)16(14)8-15)18-6-7-19(32)25-20(18)33/h4-5,8,10,18,31H,6-7,9,11-13H2,1-3H3,(H,25,32,33). The summed E-state index contributed by atoms with van der Waals surface area (Å²) in [6.45, 7) is 6.60. The van der Waals surface area contributed by atoms with E-state index in [0.717, 1.165) is 5.56 Å². The number of aliphatic hydroxyl groups excluding tert-OH is 1. The molecule has 0 saturated carbocycles. The molecule has 2 N–H and O–H groups in total. The molecule has 0 radical (unpaired) electrons. The predicted octanol–water partition coefficient (Wildman–Crippen LogP) is 0.651. The van der Waals surface area contributed by atoms with E-state index in [1.54, 1.807) is 23.1 Å². The van der Waals surface area contributed by atoms with Crippen molar-refractivity contribution in [2.75, 3.05) is 13.2 Å². The lowest BCUT2D eigenvalue weighted by molar-refractivity contribution is -0.136. The number of carbonyl (C=O) groups excluding carboxylic acids is 4. The molecule has 1 aromatic carbocycles. The molecule has 1 aromatic heterocycles. The van der Waals surface area contributed by atoms with Crippen molar-refractivity contribution in [2.45, 2.75) is 58.2 Å². The first-order valence-corrected chi connectivity index (χ1v) is 11.6. The number of aromatic nitrogens is 3. The van der Waals surface area contributed by atoms with Gasteiger partial charge in [0.1, 0.15) is 6.04 Å². The van der Waals surface area contributed by atoms with Crippen molar-refractivity contribution in [1.29, 1.82) is 0 Å². The summed E-state index contributed by atoms with van der Waals surface area (Å²) in [4.78, 5) is 53.2. The number of benzene rings is 1. The van der Waals surface area contributed by atoms with Crippen molar-refractivity contribution >= 4 is 23.6 Å². The molecule has 0 bridgehead atoms. The monoisotopic (exact) mass is 480 g/mol. The van der Waals surface area contributed by atoms with Crippen LogP contribution >= 0.6 is 0 Å². The van der Waals surface area contributed by atoms with E-state index in [4.69, 9.17) is 0 Å². The van der Waals surface area contributed by atoms with Gasteiger partial charge in [-0.2, -0.15) is 0 Å². The van der Waals surface area contributed by atoms with Crippen LogP contribution in [-0.2, 0) is 16.1 Å². The fraction of sp³-hybridized carbons (Fsp3) is 0.500. The second-order valence-electron chi connectivity index (χ2n) is 10.6. The van der Waals surface area contributed by atoms with E-state index in [0.29, 0.717) is 30.6 Å². The maximum absolute atomic E-state index is 13.2. The van der Waals surface area contributed by atoms with Crippen molar-refractivity contribution in [3.05, 3.63) is 41.2 Å². The average Bonchev–Trinajstić information content (AvgIpc) is 3.48. The summed E-state index contributed by atoms with van der Waals surface area (Å²) in [6.07, 6.45) is 2.70. The lowest BCUT2D eigenvalue weighted by Crippen LogP contribution is -2.52. The molecule has 5 rings (SSSR count). The fourth-order valence-electron chi connectivity index (χ4n) is 5.56. The summed E-state index contributed by atoms with van der Waals surface area (Å²) < 4.78 is 1.45. The highest BCUT2D eigenvalue weighted by Crippen LogP contribution is 2.41. The maximum atomic E-state index is 13.2. The number of nitrogens with one attached hydrogen (secondary N) is 1. The molecule has 2 atom stereocenters. The average molecular weight is 481 g/mol. The molecule has 35 heavy (non-hydrogen) atoms. The van der Waals surface area contributed by atoms with Gasteiger partial charge in [-0.05, 0) is 44.4 Å². The Kier molecular flexibility index (Phi) is 5.28. The first-order valence-electron chi connectivity index (χ1n) is 11.6. The Morgan fingerprint density at radius 1 is 1.23 bits per heavy atom. The van der Waals surface area contributed by atoms with Gasteiger partial charge in [0.15, 0.2) is 5.69 Å². The number of amides is 4. The molecule has 3 aliphatic heterocycles. The van der Waals surface area contributed by atoms with Gasteiger partial charge in [0.2, 0.25) is 11.8 Å². The lowest BCUT2D eigenvalue weighted by atomic mass is 9.85. The van der Waals surface area contributed by atoms with Crippen molar-refractivity contribution in [3.63, 3.8) is 0 Å². The first kappa shape index (κ1) is 23.2. The second kappa shape index (κ2) is 7.98. The van der Waals surface area contributed by atoms with Crippen LogP contribution in [0.25, 0.3) is 5.69 Å². The minimum absolute atomic E-state index is 0.00804. The molecule has 4 heterocycles. The van der Waals surface area contributed by atoms with E-state index in [1.165, 1.54) is 15.8 Å². The van der Waals surface area contributed by atoms with Gasteiger partial charge in [-0.3, -0.25) is 24.5 Å². The summed E-state index contributed by atoms with van der Waals surface area (Å²) >= 11 is 0. The highest BCUT2D eigenvalue weighted by atomic mass is 16.3. The molecule has 184 valence electrons. The zero-order chi connectivity index (χ0) is 25.1. The molecular formula is C24H28N6O5. The molecule has 11 heteroatoms. The van der Waals surface area contributed by atoms with Crippen LogP contribution in [0.3, 0.4) is 0 Å². The van der Waals surface area contributed by atoms with Gasteiger partial charge in [0.05, 0.1) is 18.5 Å². The summed E-state index contributed by atoms with van der Waals surface area (Å²) in [7, 11) is 0. The number of hydrogen-bond acceptors (Lipinski definition) is 7.